The van der Waals surface area contributed by atoms with E-state index in [9.17, 15) is 4.79 Å². The van der Waals surface area contributed by atoms with Crippen molar-refractivity contribution < 1.29 is 4.79 Å². The van der Waals surface area contributed by atoms with Gasteiger partial charge in [0.1, 0.15) is 0 Å². The number of aryl methyl sites for hydroxylation is 1. The number of hydrogen-bond donors (Lipinski definition) is 1. The molecule has 112 valence electrons. The van der Waals surface area contributed by atoms with Gasteiger partial charge in [-0.3, -0.25) is 4.79 Å². The fourth-order valence-corrected chi connectivity index (χ4v) is 2.42. The predicted octanol–water partition coefficient (Wildman–Crippen LogP) is 3.08. The largest absolute Gasteiger partial charge is 0.343 e. The molecule has 2 N–H and O–H groups in total. The Morgan fingerprint density at radius 1 is 1.15 bits per heavy atom. The summed E-state index contributed by atoms with van der Waals surface area (Å²) in [4.78, 5) is 14.4. The smallest absolute Gasteiger partial charge is 0.223 e. The zero-order chi connectivity index (χ0) is 15.0. The average Bonchev–Trinajstić information content (AvgIpc) is 2.45. The summed E-state index contributed by atoms with van der Waals surface area (Å²) in [6.07, 6.45) is 2.52. The second-order valence-electron chi connectivity index (χ2n) is 5.43. The van der Waals surface area contributed by atoms with Gasteiger partial charge in [-0.05, 0) is 31.9 Å². The van der Waals surface area contributed by atoms with E-state index in [1.807, 2.05) is 4.90 Å². The lowest BCUT2D eigenvalue weighted by Crippen LogP contribution is -2.34. The summed E-state index contributed by atoms with van der Waals surface area (Å²) in [5, 5.41) is 0. The SMILES string of the molecule is CCCN(CCC)C(=O)CC(CN)c1ccc(C)cc1. The number of carbonyl (C=O) groups excluding carboxylic acids is 1. The Balaban J connectivity index is 2.71. The number of hydrogen-bond acceptors (Lipinski definition) is 2. The maximum absolute atomic E-state index is 12.4. The Labute approximate surface area is 123 Å². The summed E-state index contributed by atoms with van der Waals surface area (Å²) in [5.41, 5.74) is 8.27. The van der Waals surface area contributed by atoms with Crippen molar-refractivity contribution in [2.45, 2.75) is 46.0 Å². The van der Waals surface area contributed by atoms with Crippen LogP contribution in [0.3, 0.4) is 0 Å². The van der Waals surface area contributed by atoms with Crippen LogP contribution in [0.5, 0.6) is 0 Å². The molecule has 0 aromatic heterocycles. The maximum atomic E-state index is 12.4. The van der Waals surface area contributed by atoms with Gasteiger partial charge in [0.25, 0.3) is 0 Å². The fraction of sp³-hybridized carbons (Fsp3) is 0.588. The molecule has 1 aromatic carbocycles. The number of nitrogens with zero attached hydrogens (tertiary/aromatic N) is 1. The Hall–Kier alpha value is -1.35. The molecule has 3 nitrogen and oxygen atoms in total. The lowest BCUT2D eigenvalue weighted by atomic mass is 9.94. The topological polar surface area (TPSA) is 46.3 Å². The molecule has 0 spiro atoms. The molecule has 0 saturated heterocycles. The minimum Gasteiger partial charge on any atom is -0.343 e. The molecule has 1 atom stereocenters. The van der Waals surface area contributed by atoms with E-state index in [0.717, 1.165) is 25.9 Å². The van der Waals surface area contributed by atoms with Crippen molar-refractivity contribution in [3.63, 3.8) is 0 Å². The van der Waals surface area contributed by atoms with E-state index in [1.165, 1.54) is 11.1 Å². The van der Waals surface area contributed by atoms with Crippen molar-refractivity contribution in [1.29, 1.82) is 0 Å². The number of amides is 1. The first-order chi connectivity index (χ1) is 9.62. The van der Waals surface area contributed by atoms with E-state index < -0.39 is 0 Å². The van der Waals surface area contributed by atoms with Crippen molar-refractivity contribution in [2.75, 3.05) is 19.6 Å². The highest BCUT2D eigenvalue weighted by molar-refractivity contribution is 5.77. The van der Waals surface area contributed by atoms with Gasteiger partial charge in [0.05, 0.1) is 0 Å². The molecule has 0 radical (unpaired) electrons. The number of nitrogens with two attached hydrogens (primary N) is 1. The highest BCUT2D eigenvalue weighted by Crippen LogP contribution is 2.20. The molecule has 1 amide bonds. The predicted molar refractivity (Wildman–Crippen MR) is 84.8 cm³/mol. The molecule has 0 heterocycles. The van der Waals surface area contributed by atoms with E-state index in [4.69, 9.17) is 5.73 Å². The van der Waals surface area contributed by atoms with Crippen LogP contribution in [0.15, 0.2) is 24.3 Å². The second kappa shape index (κ2) is 8.75. The lowest BCUT2D eigenvalue weighted by molar-refractivity contribution is -0.131. The van der Waals surface area contributed by atoms with Gasteiger partial charge in [-0.25, -0.2) is 0 Å². The molecule has 20 heavy (non-hydrogen) atoms. The molecule has 0 fully saturated rings. The molecule has 0 aliphatic heterocycles. The lowest BCUT2D eigenvalue weighted by Gasteiger charge is -2.24. The third kappa shape index (κ3) is 4.97. The normalized spacial score (nSPS) is 12.2. The standard InChI is InChI=1S/C17H28N2O/c1-4-10-19(11-5-2)17(20)12-16(13-18)15-8-6-14(3)7-9-15/h6-9,16H,4-5,10-13,18H2,1-3H3. The highest BCUT2D eigenvalue weighted by atomic mass is 16.2. The first-order valence-electron chi connectivity index (χ1n) is 7.66. The molecular weight excluding hydrogens is 248 g/mol. The van der Waals surface area contributed by atoms with Crippen LogP contribution in [0, 0.1) is 6.92 Å². The van der Waals surface area contributed by atoms with Crippen molar-refractivity contribution >= 4 is 5.91 Å². The first kappa shape index (κ1) is 16.7. The molecule has 3 heteroatoms. The van der Waals surface area contributed by atoms with Gasteiger partial charge in [-0.1, -0.05) is 43.7 Å². The van der Waals surface area contributed by atoms with Crippen LogP contribution in [0.25, 0.3) is 0 Å². The van der Waals surface area contributed by atoms with Crippen molar-refractivity contribution in [2.24, 2.45) is 5.73 Å². The molecule has 0 saturated carbocycles. The summed E-state index contributed by atoms with van der Waals surface area (Å²) in [6.45, 7) is 8.49. The third-order valence-electron chi connectivity index (χ3n) is 3.59. The zero-order valence-electron chi connectivity index (χ0n) is 13.1. The molecule has 0 aliphatic carbocycles. The van der Waals surface area contributed by atoms with Crippen LogP contribution < -0.4 is 5.73 Å². The van der Waals surface area contributed by atoms with Gasteiger partial charge in [-0.2, -0.15) is 0 Å². The van der Waals surface area contributed by atoms with Gasteiger partial charge in [0.2, 0.25) is 5.91 Å². The summed E-state index contributed by atoms with van der Waals surface area (Å²) >= 11 is 0. The third-order valence-corrected chi connectivity index (χ3v) is 3.59. The van der Waals surface area contributed by atoms with Gasteiger partial charge >= 0.3 is 0 Å². The molecule has 0 bridgehead atoms. The molecule has 1 rings (SSSR count). The highest BCUT2D eigenvalue weighted by Gasteiger charge is 2.18. The van der Waals surface area contributed by atoms with Gasteiger partial charge in [-0.15, -0.1) is 0 Å². The van der Waals surface area contributed by atoms with E-state index in [1.54, 1.807) is 0 Å². The van der Waals surface area contributed by atoms with Crippen LogP contribution in [0.1, 0.15) is 50.2 Å². The Kier molecular flexibility index (Phi) is 7.31. The molecule has 0 aliphatic rings. The maximum Gasteiger partial charge on any atom is 0.223 e. The van der Waals surface area contributed by atoms with Crippen molar-refractivity contribution in [1.82, 2.24) is 4.90 Å². The van der Waals surface area contributed by atoms with Crippen molar-refractivity contribution in [3.05, 3.63) is 35.4 Å². The quantitative estimate of drug-likeness (QED) is 0.793. The van der Waals surface area contributed by atoms with Gasteiger partial charge in [0, 0.05) is 25.4 Å². The van der Waals surface area contributed by atoms with E-state index in [2.05, 4.69) is 45.0 Å². The zero-order valence-corrected chi connectivity index (χ0v) is 13.1. The summed E-state index contributed by atoms with van der Waals surface area (Å²) < 4.78 is 0. The van der Waals surface area contributed by atoms with Crippen LogP contribution in [0.4, 0.5) is 0 Å². The van der Waals surface area contributed by atoms with Crippen LogP contribution in [-0.4, -0.2) is 30.4 Å². The van der Waals surface area contributed by atoms with Crippen molar-refractivity contribution in [3.8, 4) is 0 Å². The van der Waals surface area contributed by atoms with Gasteiger partial charge < -0.3 is 10.6 Å². The number of carbonyl (C=O) groups is 1. The average molecular weight is 276 g/mol. The first-order valence-corrected chi connectivity index (χ1v) is 7.66. The molecule has 1 aromatic rings. The van der Waals surface area contributed by atoms with E-state index in [0.29, 0.717) is 13.0 Å². The Morgan fingerprint density at radius 2 is 1.70 bits per heavy atom. The van der Waals surface area contributed by atoms with Gasteiger partial charge in [0.15, 0.2) is 0 Å². The van der Waals surface area contributed by atoms with Crippen LogP contribution in [-0.2, 0) is 4.79 Å². The van der Waals surface area contributed by atoms with Crippen LogP contribution >= 0.6 is 0 Å². The second-order valence-corrected chi connectivity index (χ2v) is 5.43. The molecular formula is C17H28N2O. The monoisotopic (exact) mass is 276 g/mol. The molecule has 1 unspecified atom stereocenters. The summed E-state index contributed by atoms with van der Waals surface area (Å²) in [5.74, 6) is 0.351. The summed E-state index contributed by atoms with van der Waals surface area (Å²) in [6, 6.07) is 8.34. The van der Waals surface area contributed by atoms with E-state index >= 15 is 0 Å². The summed E-state index contributed by atoms with van der Waals surface area (Å²) in [7, 11) is 0. The number of benzene rings is 1. The Morgan fingerprint density at radius 3 is 2.15 bits per heavy atom. The minimum absolute atomic E-state index is 0.124. The number of rotatable bonds is 8. The van der Waals surface area contributed by atoms with E-state index in [-0.39, 0.29) is 11.8 Å². The minimum atomic E-state index is 0.124. The van der Waals surface area contributed by atoms with Crippen LogP contribution in [0.2, 0.25) is 0 Å². The fourth-order valence-electron chi connectivity index (χ4n) is 2.42. The Bertz CT molecular complexity index is 394.